The first-order valence-electron chi connectivity index (χ1n) is 9.57. The van der Waals surface area contributed by atoms with Crippen molar-refractivity contribution in [2.75, 3.05) is 46.4 Å². The quantitative estimate of drug-likeness (QED) is 0.712. The van der Waals surface area contributed by atoms with Gasteiger partial charge >= 0.3 is 0 Å². The molecule has 6 nitrogen and oxygen atoms in total. The van der Waals surface area contributed by atoms with Crippen molar-refractivity contribution in [3.63, 3.8) is 0 Å². The second-order valence-corrected chi connectivity index (χ2v) is 7.71. The van der Waals surface area contributed by atoms with Gasteiger partial charge in [0.25, 0.3) is 5.91 Å². The SMILES string of the molecule is Cc1ccc(C(CNC(=O)COc2ccc(Cl)c(C)c2)N2CCN(C)CC2)o1.Cl. The lowest BCUT2D eigenvalue weighted by molar-refractivity contribution is -0.123. The molecule has 1 fully saturated rings. The number of benzene rings is 1. The standard InChI is InChI=1S/C21H28ClN3O3.ClH/c1-15-12-17(5-6-18(15)22)27-14-21(26)23-13-19(20-7-4-16(2)28-20)25-10-8-24(3)9-11-25;/h4-7,12,19H,8-11,13-14H2,1-3H3,(H,23,26);1H. The summed E-state index contributed by atoms with van der Waals surface area (Å²) in [5.41, 5.74) is 0.919. The molecule has 0 aliphatic carbocycles. The number of nitrogens with zero attached hydrogens (tertiary/aromatic N) is 2. The number of carbonyl (C=O) groups excluding carboxylic acids is 1. The third kappa shape index (κ3) is 6.64. The topological polar surface area (TPSA) is 58.0 Å². The van der Waals surface area contributed by atoms with Crippen molar-refractivity contribution in [2.45, 2.75) is 19.9 Å². The van der Waals surface area contributed by atoms with E-state index in [9.17, 15) is 4.79 Å². The number of rotatable bonds is 7. The van der Waals surface area contributed by atoms with Crippen LogP contribution in [0.2, 0.25) is 5.02 Å². The number of likely N-dealkylation sites (N-methyl/N-ethyl adjacent to an activating group) is 1. The molecule has 8 heteroatoms. The Bertz CT molecular complexity index is 804. The summed E-state index contributed by atoms with van der Waals surface area (Å²) < 4.78 is 11.5. The molecule has 2 aromatic rings. The number of hydrogen-bond acceptors (Lipinski definition) is 5. The number of nitrogens with one attached hydrogen (secondary N) is 1. The lowest BCUT2D eigenvalue weighted by Crippen LogP contribution is -2.48. The summed E-state index contributed by atoms with van der Waals surface area (Å²) in [5, 5.41) is 3.67. The van der Waals surface area contributed by atoms with E-state index in [1.165, 1.54) is 0 Å². The van der Waals surface area contributed by atoms with Gasteiger partial charge in [0.05, 0.1) is 6.04 Å². The summed E-state index contributed by atoms with van der Waals surface area (Å²) in [4.78, 5) is 17.0. The van der Waals surface area contributed by atoms with Crippen LogP contribution in [0.3, 0.4) is 0 Å². The van der Waals surface area contributed by atoms with Gasteiger partial charge in [-0.05, 0) is 56.8 Å². The van der Waals surface area contributed by atoms with Gasteiger partial charge < -0.3 is 19.4 Å². The zero-order valence-corrected chi connectivity index (χ0v) is 18.7. The average molecular weight is 442 g/mol. The van der Waals surface area contributed by atoms with Crippen LogP contribution in [-0.4, -0.2) is 62.1 Å². The second kappa shape index (κ2) is 10.9. The van der Waals surface area contributed by atoms with E-state index in [1.54, 1.807) is 12.1 Å². The number of piperazine rings is 1. The highest BCUT2D eigenvalue weighted by atomic mass is 35.5. The lowest BCUT2D eigenvalue weighted by Gasteiger charge is -2.37. The molecule has 0 radical (unpaired) electrons. The predicted octanol–water partition coefficient (Wildman–Crippen LogP) is 3.46. The molecule has 1 aliphatic heterocycles. The molecule has 0 spiro atoms. The Balaban J connectivity index is 0.00000300. The van der Waals surface area contributed by atoms with Crippen LogP contribution in [0.1, 0.15) is 23.1 Å². The smallest absolute Gasteiger partial charge is 0.258 e. The van der Waals surface area contributed by atoms with Crippen LogP contribution in [0, 0.1) is 13.8 Å². The van der Waals surface area contributed by atoms with Crippen molar-refractivity contribution in [2.24, 2.45) is 0 Å². The van der Waals surface area contributed by atoms with Gasteiger partial charge in [0.1, 0.15) is 17.3 Å². The van der Waals surface area contributed by atoms with Gasteiger partial charge in [-0.2, -0.15) is 0 Å². The molecule has 2 heterocycles. The molecule has 1 atom stereocenters. The van der Waals surface area contributed by atoms with E-state index in [1.807, 2.05) is 32.0 Å². The van der Waals surface area contributed by atoms with E-state index in [-0.39, 0.29) is 31.0 Å². The van der Waals surface area contributed by atoms with Crippen molar-refractivity contribution >= 4 is 29.9 Å². The molecule has 29 heavy (non-hydrogen) atoms. The molecule has 160 valence electrons. The number of amides is 1. The van der Waals surface area contributed by atoms with Crippen LogP contribution in [0.4, 0.5) is 0 Å². The molecule has 0 saturated carbocycles. The maximum Gasteiger partial charge on any atom is 0.258 e. The van der Waals surface area contributed by atoms with Gasteiger partial charge in [0, 0.05) is 37.7 Å². The average Bonchev–Trinajstić information content (AvgIpc) is 3.10. The molecule has 1 aliphatic rings. The van der Waals surface area contributed by atoms with Crippen LogP contribution >= 0.6 is 24.0 Å². The second-order valence-electron chi connectivity index (χ2n) is 7.31. The van der Waals surface area contributed by atoms with E-state index in [0.29, 0.717) is 17.3 Å². The van der Waals surface area contributed by atoms with E-state index in [2.05, 4.69) is 22.2 Å². The third-order valence-electron chi connectivity index (χ3n) is 5.06. The van der Waals surface area contributed by atoms with Gasteiger partial charge in [-0.25, -0.2) is 0 Å². The molecule has 1 aromatic carbocycles. The van der Waals surface area contributed by atoms with E-state index in [4.69, 9.17) is 20.8 Å². The Kier molecular flexibility index (Phi) is 8.83. The molecule has 1 saturated heterocycles. The lowest BCUT2D eigenvalue weighted by atomic mass is 10.1. The molecule has 1 unspecified atom stereocenters. The number of carbonyl (C=O) groups is 1. The Morgan fingerprint density at radius 2 is 1.93 bits per heavy atom. The van der Waals surface area contributed by atoms with Crippen molar-refractivity contribution in [3.05, 3.63) is 52.4 Å². The largest absolute Gasteiger partial charge is 0.484 e. The third-order valence-corrected chi connectivity index (χ3v) is 5.48. The zero-order chi connectivity index (χ0) is 20.1. The molecule has 1 N–H and O–H groups in total. The van der Waals surface area contributed by atoms with Gasteiger partial charge in [-0.15, -0.1) is 12.4 Å². The Hall–Kier alpha value is -1.73. The Labute approximate surface area is 183 Å². The molecular weight excluding hydrogens is 413 g/mol. The summed E-state index contributed by atoms with van der Waals surface area (Å²) in [6.45, 7) is 8.18. The number of furan rings is 1. The number of hydrogen-bond donors (Lipinski definition) is 1. The van der Waals surface area contributed by atoms with Gasteiger partial charge in [0.15, 0.2) is 6.61 Å². The maximum absolute atomic E-state index is 12.3. The fourth-order valence-corrected chi connectivity index (χ4v) is 3.41. The summed E-state index contributed by atoms with van der Waals surface area (Å²) in [6.07, 6.45) is 0. The van der Waals surface area contributed by atoms with Gasteiger partial charge in [-0.3, -0.25) is 9.69 Å². The van der Waals surface area contributed by atoms with Crippen molar-refractivity contribution in [3.8, 4) is 5.75 Å². The van der Waals surface area contributed by atoms with E-state index >= 15 is 0 Å². The van der Waals surface area contributed by atoms with Crippen molar-refractivity contribution < 1.29 is 13.9 Å². The molecule has 0 bridgehead atoms. The molecular formula is C21H29Cl2N3O3. The normalized spacial score (nSPS) is 16.1. The summed E-state index contributed by atoms with van der Waals surface area (Å²) in [6, 6.07) is 9.34. The Morgan fingerprint density at radius 1 is 1.21 bits per heavy atom. The fraction of sp³-hybridized carbons (Fsp3) is 0.476. The molecule has 1 aromatic heterocycles. The van der Waals surface area contributed by atoms with Crippen LogP contribution in [0.5, 0.6) is 5.75 Å². The minimum atomic E-state index is -0.157. The summed E-state index contributed by atoms with van der Waals surface area (Å²) >= 11 is 6.02. The summed E-state index contributed by atoms with van der Waals surface area (Å²) in [5.74, 6) is 2.24. The van der Waals surface area contributed by atoms with Crippen LogP contribution < -0.4 is 10.1 Å². The first kappa shape index (κ1) is 23.5. The monoisotopic (exact) mass is 441 g/mol. The highest BCUT2D eigenvalue weighted by molar-refractivity contribution is 6.31. The zero-order valence-electron chi connectivity index (χ0n) is 17.1. The highest BCUT2D eigenvalue weighted by Crippen LogP contribution is 2.24. The number of ether oxygens (including phenoxy) is 1. The number of halogens is 2. The minimum Gasteiger partial charge on any atom is -0.484 e. The van der Waals surface area contributed by atoms with E-state index in [0.717, 1.165) is 43.3 Å². The fourth-order valence-electron chi connectivity index (χ4n) is 3.29. The van der Waals surface area contributed by atoms with Crippen molar-refractivity contribution in [1.82, 2.24) is 15.1 Å². The minimum absolute atomic E-state index is 0. The first-order chi connectivity index (χ1) is 13.4. The maximum atomic E-state index is 12.3. The van der Waals surface area contributed by atoms with Crippen molar-refractivity contribution in [1.29, 1.82) is 0 Å². The Morgan fingerprint density at radius 3 is 2.55 bits per heavy atom. The predicted molar refractivity (Wildman–Crippen MR) is 117 cm³/mol. The van der Waals surface area contributed by atoms with Gasteiger partial charge in [0.2, 0.25) is 0 Å². The number of aryl methyl sites for hydroxylation is 2. The van der Waals surface area contributed by atoms with E-state index < -0.39 is 0 Å². The van der Waals surface area contributed by atoms with Crippen LogP contribution in [0.15, 0.2) is 34.7 Å². The molecule has 3 rings (SSSR count). The highest BCUT2D eigenvalue weighted by Gasteiger charge is 2.26. The van der Waals surface area contributed by atoms with Crippen LogP contribution in [-0.2, 0) is 4.79 Å². The summed E-state index contributed by atoms with van der Waals surface area (Å²) in [7, 11) is 2.13. The molecule has 1 amide bonds. The van der Waals surface area contributed by atoms with Gasteiger partial charge in [-0.1, -0.05) is 11.6 Å². The van der Waals surface area contributed by atoms with Crippen LogP contribution in [0.25, 0.3) is 0 Å². The first-order valence-corrected chi connectivity index (χ1v) is 9.95.